The molecule has 0 spiro atoms. The van der Waals surface area contributed by atoms with Crippen molar-refractivity contribution in [2.45, 2.75) is 0 Å². The Morgan fingerprint density at radius 2 is 0.868 bits per heavy atom. The number of phenols is 2. The Bertz CT molecular complexity index is 1810. The second-order valence-electron chi connectivity index (χ2n) is 9.17. The zero-order chi connectivity index (χ0) is 25.6. The molecule has 0 atom stereocenters. The highest BCUT2D eigenvalue weighted by atomic mass is 16.3. The SMILES string of the molecule is Oc1ccc2c(c1)c1cc(O)ccc1n2-c1ccc(-n2c(-c3ccccc3)nnc2-c2ccccc2)cc1. The van der Waals surface area contributed by atoms with E-state index in [0.29, 0.717) is 0 Å². The van der Waals surface area contributed by atoms with E-state index in [1.54, 1.807) is 24.3 Å². The van der Waals surface area contributed by atoms with Gasteiger partial charge in [-0.3, -0.25) is 4.57 Å². The van der Waals surface area contributed by atoms with Crippen molar-refractivity contribution in [1.29, 1.82) is 0 Å². The predicted molar refractivity (Wildman–Crippen MR) is 150 cm³/mol. The maximum Gasteiger partial charge on any atom is 0.168 e. The molecule has 5 aromatic carbocycles. The lowest BCUT2D eigenvalue weighted by atomic mass is 10.1. The molecule has 6 heteroatoms. The van der Waals surface area contributed by atoms with Crippen LogP contribution >= 0.6 is 0 Å². The molecule has 0 unspecified atom stereocenters. The van der Waals surface area contributed by atoms with Crippen LogP contribution in [0.5, 0.6) is 11.5 Å². The number of phenolic OH excluding ortho intramolecular Hbond substituents is 2. The minimum atomic E-state index is 0.185. The van der Waals surface area contributed by atoms with Crippen LogP contribution in [0, 0.1) is 0 Å². The molecule has 2 N–H and O–H groups in total. The summed E-state index contributed by atoms with van der Waals surface area (Å²) in [6.07, 6.45) is 0. The summed E-state index contributed by atoms with van der Waals surface area (Å²) in [5.41, 5.74) is 5.74. The van der Waals surface area contributed by atoms with E-state index in [0.717, 1.165) is 56.0 Å². The summed E-state index contributed by atoms with van der Waals surface area (Å²) < 4.78 is 4.21. The molecule has 7 rings (SSSR count). The first-order chi connectivity index (χ1) is 18.7. The Kier molecular flexibility index (Phi) is 4.97. The predicted octanol–water partition coefficient (Wildman–Crippen LogP) is 7.11. The highest BCUT2D eigenvalue weighted by Crippen LogP contribution is 2.36. The second-order valence-corrected chi connectivity index (χ2v) is 9.17. The van der Waals surface area contributed by atoms with Crippen molar-refractivity contribution in [1.82, 2.24) is 19.3 Å². The van der Waals surface area contributed by atoms with E-state index in [2.05, 4.69) is 43.6 Å². The first-order valence-electron chi connectivity index (χ1n) is 12.3. The van der Waals surface area contributed by atoms with Crippen molar-refractivity contribution >= 4 is 21.8 Å². The highest BCUT2D eigenvalue weighted by Gasteiger charge is 2.18. The van der Waals surface area contributed by atoms with Crippen molar-refractivity contribution in [3.8, 4) is 45.6 Å². The van der Waals surface area contributed by atoms with Gasteiger partial charge in [-0.1, -0.05) is 60.7 Å². The van der Waals surface area contributed by atoms with Gasteiger partial charge in [-0.2, -0.15) is 0 Å². The fourth-order valence-electron chi connectivity index (χ4n) is 5.11. The maximum atomic E-state index is 10.1. The molecule has 0 radical (unpaired) electrons. The standard InChI is InChI=1S/C32H22N4O2/c37-25-15-17-29-27(19-25)28-20-26(38)16-18-30(28)35(29)23-11-13-24(14-12-23)36-31(21-7-3-1-4-8-21)33-34-32(36)22-9-5-2-6-10-22/h1-20,37-38H. The van der Waals surface area contributed by atoms with E-state index in [4.69, 9.17) is 0 Å². The fraction of sp³-hybridized carbons (Fsp3) is 0. The Balaban J connectivity index is 1.42. The van der Waals surface area contributed by atoms with Crippen molar-refractivity contribution in [2.75, 3.05) is 0 Å². The van der Waals surface area contributed by atoms with Gasteiger partial charge in [0.1, 0.15) is 11.5 Å². The van der Waals surface area contributed by atoms with Crippen LogP contribution in [0.4, 0.5) is 0 Å². The third-order valence-corrected chi connectivity index (χ3v) is 6.83. The minimum absolute atomic E-state index is 0.185. The van der Waals surface area contributed by atoms with E-state index in [1.165, 1.54) is 0 Å². The average molecular weight is 495 g/mol. The molecule has 2 aromatic heterocycles. The molecule has 0 saturated carbocycles. The molecule has 2 heterocycles. The third kappa shape index (κ3) is 3.50. The first kappa shape index (κ1) is 21.9. The van der Waals surface area contributed by atoms with Gasteiger partial charge in [0.2, 0.25) is 0 Å². The van der Waals surface area contributed by atoms with Crippen molar-refractivity contribution in [3.63, 3.8) is 0 Å². The normalized spacial score (nSPS) is 11.4. The number of rotatable bonds is 4. The summed E-state index contributed by atoms with van der Waals surface area (Å²) in [6, 6.07) is 39.0. The van der Waals surface area contributed by atoms with Crippen LogP contribution in [0.1, 0.15) is 0 Å². The summed E-state index contributed by atoms with van der Waals surface area (Å²) in [7, 11) is 0. The number of hydrogen-bond acceptors (Lipinski definition) is 4. The fourth-order valence-corrected chi connectivity index (χ4v) is 5.11. The smallest absolute Gasteiger partial charge is 0.168 e. The molecule has 7 aromatic rings. The Labute approximate surface area is 218 Å². The number of aromatic nitrogens is 4. The topological polar surface area (TPSA) is 76.1 Å². The van der Waals surface area contributed by atoms with E-state index >= 15 is 0 Å². The molecular weight excluding hydrogens is 472 g/mol. The second kappa shape index (κ2) is 8.64. The van der Waals surface area contributed by atoms with E-state index in [1.807, 2.05) is 72.8 Å². The summed E-state index contributed by atoms with van der Waals surface area (Å²) in [6.45, 7) is 0. The number of benzene rings is 5. The van der Waals surface area contributed by atoms with Crippen molar-refractivity contribution in [2.24, 2.45) is 0 Å². The first-order valence-corrected chi connectivity index (χ1v) is 12.3. The average Bonchev–Trinajstić information content (AvgIpc) is 3.54. The summed E-state index contributed by atoms with van der Waals surface area (Å²) >= 11 is 0. The van der Waals surface area contributed by atoms with E-state index in [-0.39, 0.29) is 11.5 Å². The van der Waals surface area contributed by atoms with Crippen LogP contribution in [0.3, 0.4) is 0 Å². The summed E-state index contributed by atoms with van der Waals surface area (Å²) in [5, 5.41) is 31.2. The summed E-state index contributed by atoms with van der Waals surface area (Å²) in [4.78, 5) is 0. The quantitative estimate of drug-likeness (QED) is 0.273. The van der Waals surface area contributed by atoms with Crippen LogP contribution in [0.15, 0.2) is 121 Å². The Hall–Kier alpha value is -5.36. The van der Waals surface area contributed by atoms with Crippen LogP contribution < -0.4 is 0 Å². The Morgan fingerprint density at radius 3 is 1.32 bits per heavy atom. The lowest BCUT2D eigenvalue weighted by Crippen LogP contribution is -2.01. The maximum absolute atomic E-state index is 10.1. The largest absolute Gasteiger partial charge is 0.508 e. The van der Waals surface area contributed by atoms with Gasteiger partial charge >= 0.3 is 0 Å². The van der Waals surface area contributed by atoms with Gasteiger partial charge in [0, 0.05) is 33.3 Å². The van der Waals surface area contributed by atoms with Crippen LogP contribution in [-0.4, -0.2) is 29.5 Å². The molecule has 0 fully saturated rings. The van der Waals surface area contributed by atoms with Crippen LogP contribution in [0.25, 0.3) is 56.0 Å². The highest BCUT2D eigenvalue weighted by molar-refractivity contribution is 6.10. The molecule has 0 amide bonds. The van der Waals surface area contributed by atoms with Crippen LogP contribution in [-0.2, 0) is 0 Å². The van der Waals surface area contributed by atoms with Gasteiger partial charge in [-0.05, 0) is 60.7 Å². The molecule has 182 valence electrons. The molecule has 0 aliphatic heterocycles. The van der Waals surface area contributed by atoms with Crippen LogP contribution in [0.2, 0.25) is 0 Å². The van der Waals surface area contributed by atoms with Crippen molar-refractivity contribution in [3.05, 3.63) is 121 Å². The monoisotopic (exact) mass is 494 g/mol. The van der Waals surface area contributed by atoms with Gasteiger partial charge < -0.3 is 14.8 Å². The van der Waals surface area contributed by atoms with Gasteiger partial charge in [0.25, 0.3) is 0 Å². The van der Waals surface area contributed by atoms with Gasteiger partial charge in [0.15, 0.2) is 11.6 Å². The molecule has 0 aliphatic carbocycles. The van der Waals surface area contributed by atoms with Gasteiger partial charge in [-0.25, -0.2) is 0 Å². The number of fused-ring (bicyclic) bond motifs is 3. The molecule has 6 nitrogen and oxygen atoms in total. The van der Waals surface area contributed by atoms with Crippen molar-refractivity contribution < 1.29 is 10.2 Å². The molecule has 0 saturated heterocycles. The Morgan fingerprint density at radius 1 is 0.447 bits per heavy atom. The summed E-state index contributed by atoms with van der Waals surface area (Å²) in [5.74, 6) is 1.90. The molecular formula is C32H22N4O2. The number of nitrogens with zero attached hydrogens (tertiary/aromatic N) is 4. The molecule has 0 bridgehead atoms. The zero-order valence-electron chi connectivity index (χ0n) is 20.2. The van der Waals surface area contributed by atoms with Gasteiger partial charge in [-0.15, -0.1) is 10.2 Å². The van der Waals surface area contributed by atoms with E-state index < -0.39 is 0 Å². The minimum Gasteiger partial charge on any atom is -0.508 e. The van der Waals surface area contributed by atoms with E-state index in [9.17, 15) is 10.2 Å². The lowest BCUT2D eigenvalue weighted by Gasteiger charge is -2.13. The number of hydrogen-bond donors (Lipinski definition) is 2. The number of aromatic hydroxyl groups is 2. The molecule has 0 aliphatic rings. The zero-order valence-corrected chi connectivity index (χ0v) is 20.2. The molecule has 38 heavy (non-hydrogen) atoms. The van der Waals surface area contributed by atoms with Gasteiger partial charge in [0.05, 0.1) is 11.0 Å². The lowest BCUT2D eigenvalue weighted by molar-refractivity contribution is 0.475. The third-order valence-electron chi connectivity index (χ3n) is 6.83.